The molecule has 1 N–H and O–H groups in total. The Bertz CT molecular complexity index is 342. The third-order valence-corrected chi connectivity index (χ3v) is 2.06. The van der Waals surface area contributed by atoms with Gasteiger partial charge in [-0.05, 0) is 18.2 Å². The lowest BCUT2D eigenvalue weighted by Gasteiger charge is -2.07. The molecule has 1 rings (SSSR count). The zero-order valence-electron chi connectivity index (χ0n) is 7.49. The van der Waals surface area contributed by atoms with Crippen LogP contribution in [0.3, 0.4) is 0 Å². The fourth-order valence-corrected chi connectivity index (χ4v) is 1.33. The summed E-state index contributed by atoms with van der Waals surface area (Å²) in [7, 11) is 0.803. The summed E-state index contributed by atoms with van der Waals surface area (Å²) in [5.74, 6) is -0.211. The summed E-state index contributed by atoms with van der Waals surface area (Å²) < 4.78 is 10.1. The number of carbonyl (C=O) groups excluding carboxylic acids is 1. The van der Waals surface area contributed by atoms with Gasteiger partial charge in [0, 0.05) is 4.47 Å². The Morgan fingerprint density at radius 2 is 2.29 bits per heavy atom. The molecular weight excluding hydrogens is 251 g/mol. The molecule has 0 aliphatic heterocycles. The first kappa shape index (κ1) is 11.1. The topological polar surface area (TPSA) is 55.8 Å². The van der Waals surface area contributed by atoms with E-state index in [1.807, 2.05) is 0 Å². The molecule has 0 heterocycles. The Labute approximate surface area is 90.3 Å². The number of carbonyl (C=O) groups is 1. The molecule has 0 aliphatic rings. The van der Waals surface area contributed by atoms with Gasteiger partial charge in [0.1, 0.15) is 11.3 Å². The van der Waals surface area contributed by atoms with Crippen LogP contribution in [0.5, 0.6) is 5.75 Å². The van der Waals surface area contributed by atoms with Crippen molar-refractivity contribution in [1.82, 2.24) is 0 Å². The average Bonchev–Trinajstić information content (AvgIpc) is 2.20. The summed E-state index contributed by atoms with van der Waals surface area (Å²) >= 11 is 3.22. The number of halogens is 1. The molecule has 0 saturated heterocycles. The molecule has 0 aromatic heterocycles. The molecule has 0 aliphatic carbocycles. The van der Waals surface area contributed by atoms with Gasteiger partial charge in [0.05, 0.1) is 7.11 Å². The maximum atomic E-state index is 11.3. The lowest BCUT2D eigenvalue weighted by atomic mass is 10.2. The number of hydrogen-bond donors (Lipinski definition) is 1. The van der Waals surface area contributed by atoms with Crippen molar-refractivity contribution < 1.29 is 19.2 Å². The Hall–Kier alpha value is -1.01. The molecular formula is C8H8BBrO4. The van der Waals surface area contributed by atoms with Crippen molar-refractivity contribution in [2.45, 2.75) is 0 Å². The number of benzene rings is 1. The summed E-state index contributed by atoms with van der Waals surface area (Å²) in [4.78, 5) is 11.3. The third kappa shape index (κ3) is 2.49. The van der Waals surface area contributed by atoms with Crippen LogP contribution in [0, 0.1) is 0 Å². The summed E-state index contributed by atoms with van der Waals surface area (Å²) in [6, 6.07) is 4.85. The number of hydrogen-bond acceptors (Lipinski definition) is 4. The van der Waals surface area contributed by atoms with Crippen LogP contribution < -0.4 is 4.65 Å². The smallest absolute Gasteiger partial charge is 0.504 e. The fraction of sp³-hybridized carbons (Fsp3) is 0.125. The van der Waals surface area contributed by atoms with E-state index in [1.54, 1.807) is 18.2 Å². The number of ether oxygens (including phenoxy) is 1. The minimum atomic E-state index is -0.505. The molecule has 0 saturated carbocycles. The predicted octanol–water partition coefficient (Wildman–Crippen LogP) is 0.873. The van der Waals surface area contributed by atoms with Gasteiger partial charge in [-0.2, -0.15) is 0 Å². The standard InChI is InChI=1S/C8H8BBrO4/c1-13-8(11)6-4-5(10)2-3-7(6)14-9-12/h2-4,9,12H,1H3. The highest BCUT2D eigenvalue weighted by Gasteiger charge is 2.13. The maximum Gasteiger partial charge on any atom is 0.504 e. The van der Waals surface area contributed by atoms with E-state index in [0.29, 0.717) is 5.75 Å². The lowest BCUT2D eigenvalue weighted by Crippen LogP contribution is -2.08. The molecule has 6 heteroatoms. The molecule has 14 heavy (non-hydrogen) atoms. The van der Waals surface area contributed by atoms with E-state index in [9.17, 15) is 4.79 Å². The molecule has 0 bridgehead atoms. The second-order valence-electron chi connectivity index (χ2n) is 2.41. The Kier molecular flexibility index (Phi) is 3.97. The van der Waals surface area contributed by atoms with Gasteiger partial charge in [-0.3, -0.25) is 0 Å². The van der Waals surface area contributed by atoms with Gasteiger partial charge < -0.3 is 14.4 Å². The minimum Gasteiger partial charge on any atom is -0.538 e. The van der Waals surface area contributed by atoms with E-state index in [1.165, 1.54) is 7.11 Å². The highest BCUT2D eigenvalue weighted by Crippen LogP contribution is 2.23. The van der Waals surface area contributed by atoms with Crippen LogP contribution in [0.15, 0.2) is 22.7 Å². The maximum absolute atomic E-state index is 11.3. The molecule has 1 aromatic rings. The van der Waals surface area contributed by atoms with Crippen molar-refractivity contribution in [3.05, 3.63) is 28.2 Å². The van der Waals surface area contributed by atoms with E-state index in [0.717, 1.165) is 4.47 Å². The van der Waals surface area contributed by atoms with Crippen molar-refractivity contribution in [3.63, 3.8) is 0 Å². The highest BCUT2D eigenvalue weighted by molar-refractivity contribution is 9.10. The van der Waals surface area contributed by atoms with Crippen molar-refractivity contribution in [1.29, 1.82) is 0 Å². The van der Waals surface area contributed by atoms with Crippen molar-refractivity contribution in [2.24, 2.45) is 0 Å². The normalized spacial score (nSPS) is 9.36. The molecule has 0 radical (unpaired) electrons. The Morgan fingerprint density at radius 3 is 2.86 bits per heavy atom. The van der Waals surface area contributed by atoms with E-state index in [2.05, 4.69) is 20.7 Å². The molecule has 0 atom stereocenters. The van der Waals surface area contributed by atoms with Gasteiger partial charge in [0.15, 0.2) is 0 Å². The zero-order chi connectivity index (χ0) is 10.6. The molecule has 1 aromatic carbocycles. The monoisotopic (exact) mass is 258 g/mol. The van der Waals surface area contributed by atoms with Crippen molar-refractivity contribution in [3.8, 4) is 5.75 Å². The first-order chi connectivity index (χ1) is 6.69. The molecule has 0 unspecified atom stereocenters. The number of methoxy groups -OCH3 is 1. The Morgan fingerprint density at radius 1 is 1.57 bits per heavy atom. The SMILES string of the molecule is COC(=O)c1cc(Br)ccc1OBO. The zero-order valence-corrected chi connectivity index (χ0v) is 9.08. The van der Waals surface area contributed by atoms with Gasteiger partial charge in [-0.15, -0.1) is 0 Å². The van der Waals surface area contributed by atoms with Crippen molar-refractivity contribution in [2.75, 3.05) is 7.11 Å². The van der Waals surface area contributed by atoms with E-state index in [-0.39, 0.29) is 5.56 Å². The van der Waals surface area contributed by atoms with Crippen LogP contribution >= 0.6 is 15.9 Å². The van der Waals surface area contributed by atoms with Crippen LogP contribution in [0.25, 0.3) is 0 Å². The van der Waals surface area contributed by atoms with E-state index < -0.39 is 13.7 Å². The van der Waals surface area contributed by atoms with Gasteiger partial charge >= 0.3 is 13.7 Å². The van der Waals surface area contributed by atoms with Gasteiger partial charge in [-0.25, -0.2) is 4.79 Å². The second-order valence-corrected chi connectivity index (χ2v) is 3.32. The van der Waals surface area contributed by atoms with Gasteiger partial charge in [0.2, 0.25) is 0 Å². The molecule has 4 nitrogen and oxygen atoms in total. The quantitative estimate of drug-likeness (QED) is 0.646. The number of esters is 1. The van der Waals surface area contributed by atoms with Gasteiger partial charge in [-0.1, -0.05) is 15.9 Å². The lowest BCUT2D eigenvalue weighted by molar-refractivity contribution is 0.0598. The van der Waals surface area contributed by atoms with E-state index >= 15 is 0 Å². The minimum absolute atomic E-state index is 0.274. The summed E-state index contributed by atoms with van der Waals surface area (Å²) in [5.41, 5.74) is 0.274. The van der Waals surface area contributed by atoms with Crippen LogP contribution in [0.2, 0.25) is 0 Å². The van der Waals surface area contributed by atoms with E-state index in [4.69, 9.17) is 9.68 Å². The largest absolute Gasteiger partial charge is 0.538 e. The van der Waals surface area contributed by atoms with Crippen LogP contribution in [0.1, 0.15) is 10.4 Å². The van der Waals surface area contributed by atoms with Crippen molar-refractivity contribution >= 4 is 29.6 Å². The Balaban J connectivity index is 3.08. The number of rotatable bonds is 3. The first-order valence-electron chi connectivity index (χ1n) is 3.80. The van der Waals surface area contributed by atoms with Crippen LogP contribution in [-0.4, -0.2) is 25.8 Å². The third-order valence-electron chi connectivity index (χ3n) is 1.57. The summed E-state index contributed by atoms with van der Waals surface area (Å²) in [6.07, 6.45) is 0. The molecule has 0 amide bonds. The van der Waals surface area contributed by atoms with Crippen LogP contribution in [-0.2, 0) is 4.74 Å². The molecule has 0 spiro atoms. The van der Waals surface area contributed by atoms with Crippen LogP contribution in [0.4, 0.5) is 0 Å². The second kappa shape index (κ2) is 5.02. The molecule has 0 fully saturated rings. The molecule has 74 valence electrons. The fourth-order valence-electron chi connectivity index (χ4n) is 0.967. The predicted molar refractivity (Wildman–Crippen MR) is 55.5 cm³/mol. The van der Waals surface area contributed by atoms with Gasteiger partial charge in [0.25, 0.3) is 0 Å². The average molecular weight is 259 g/mol. The summed E-state index contributed by atoms with van der Waals surface area (Å²) in [5, 5.41) is 8.58. The highest BCUT2D eigenvalue weighted by atomic mass is 79.9. The summed E-state index contributed by atoms with van der Waals surface area (Å²) in [6.45, 7) is 0. The first-order valence-corrected chi connectivity index (χ1v) is 4.60.